The highest BCUT2D eigenvalue weighted by Gasteiger charge is 2.16. The summed E-state index contributed by atoms with van der Waals surface area (Å²) in [5.41, 5.74) is 2.27. The Kier molecular flexibility index (Phi) is 4.34. The number of alkyl halides is 1. The molecule has 0 aliphatic rings. The van der Waals surface area contributed by atoms with E-state index in [2.05, 4.69) is 20.9 Å². The van der Waals surface area contributed by atoms with Crippen molar-refractivity contribution < 1.29 is 10.2 Å². The molecule has 0 saturated heterocycles. The second kappa shape index (κ2) is 5.79. The minimum atomic E-state index is -0.917. The Labute approximate surface area is 116 Å². The zero-order chi connectivity index (χ0) is 13.1. The van der Waals surface area contributed by atoms with Crippen molar-refractivity contribution in [1.82, 2.24) is 4.98 Å². The molecule has 6 heteroatoms. The smallest absolute Gasteiger partial charge is 0.304 e. The van der Waals surface area contributed by atoms with Crippen molar-refractivity contribution in [3.63, 3.8) is 0 Å². The Balaban J connectivity index is 2.22. The van der Waals surface area contributed by atoms with E-state index in [9.17, 15) is 15.0 Å². The van der Waals surface area contributed by atoms with Gasteiger partial charge in [-0.2, -0.15) is 0 Å². The fourth-order valence-electron chi connectivity index (χ4n) is 1.59. The molecule has 2 rings (SSSR count). The number of hydrogen-bond acceptors (Lipinski definition) is 4. The van der Waals surface area contributed by atoms with Crippen LogP contribution in [-0.4, -0.2) is 26.6 Å². The predicted molar refractivity (Wildman–Crippen MR) is 75.1 cm³/mol. The van der Waals surface area contributed by atoms with E-state index < -0.39 is 12.2 Å². The summed E-state index contributed by atoms with van der Waals surface area (Å²) in [5.74, 6) is 0. The number of H-pyrrole nitrogens is 1. The van der Waals surface area contributed by atoms with E-state index in [1.54, 1.807) is 29.6 Å². The average molecular weight is 330 g/mol. The SMILES string of the molecule is O=c1[nH]c(-c2ccc(C(O)C(O)CBr)cc2)cs1. The lowest BCUT2D eigenvalue weighted by Gasteiger charge is -2.15. The van der Waals surface area contributed by atoms with Gasteiger partial charge < -0.3 is 15.2 Å². The Morgan fingerprint density at radius 3 is 2.44 bits per heavy atom. The van der Waals surface area contributed by atoms with Gasteiger partial charge in [0.2, 0.25) is 0 Å². The van der Waals surface area contributed by atoms with Gasteiger partial charge in [-0.05, 0) is 11.1 Å². The molecular formula is C12H12BrNO3S. The molecule has 1 heterocycles. The van der Waals surface area contributed by atoms with Crippen molar-refractivity contribution >= 4 is 27.3 Å². The quantitative estimate of drug-likeness (QED) is 0.750. The van der Waals surface area contributed by atoms with Gasteiger partial charge in [-0.15, -0.1) is 0 Å². The maximum Gasteiger partial charge on any atom is 0.304 e. The molecule has 96 valence electrons. The van der Waals surface area contributed by atoms with E-state index >= 15 is 0 Å². The fourth-order valence-corrected chi connectivity index (χ4v) is 2.53. The van der Waals surface area contributed by atoms with E-state index in [-0.39, 0.29) is 4.87 Å². The van der Waals surface area contributed by atoms with Gasteiger partial charge in [0.1, 0.15) is 6.10 Å². The normalized spacial score (nSPS) is 14.4. The van der Waals surface area contributed by atoms with Crippen LogP contribution in [0.4, 0.5) is 0 Å². The molecule has 0 amide bonds. The Morgan fingerprint density at radius 1 is 1.28 bits per heavy atom. The molecule has 0 spiro atoms. The summed E-state index contributed by atoms with van der Waals surface area (Å²) in [7, 11) is 0. The summed E-state index contributed by atoms with van der Waals surface area (Å²) >= 11 is 4.23. The van der Waals surface area contributed by atoms with E-state index in [1.807, 2.05) is 0 Å². The van der Waals surface area contributed by atoms with E-state index in [1.165, 1.54) is 0 Å². The number of thiazole rings is 1. The van der Waals surface area contributed by atoms with Gasteiger partial charge in [-0.3, -0.25) is 4.79 Å². The largest absolute Gasteiger partial charge is 0.389 e. The highest BCUT2D eigenvalue weighted by Crippen LogP contribution is 2.22. The predicted octanol–water partition coefficient (Wildman–Crippen LogP) is 1.89. The first-order valence-electron chi connectivity index (χ1n) is 5.32. The number of benzene rings is 1. The second-order valence-electron chi connectivity index (χ2n) is 3.85. The first-order chi connectivity index (χ1) is 8.61. The number of hydrogen-bond donors (Lipinski definition) is 3. The molecular weight excluding hydrogens is 318 g/mol. The van der Waals surface area contributed by atoms with Crippen LogP contribution in [0.2, 0.25) is 0 Å². The monoisotopic (exact) mass is 329 g/mol. The summed E-state index contributed by atoms with van der Waals surface area (Å²) < 4.78 is 0. The molecule has 3 N–H and O–H groups in total. The maximum atomic E-state index is 11.1. The second-order valence-corrected chi connectivity index (χ2v) is 5.34. The number of aromatic amines is 1. The van der Waals surface area contributed by atoms with Crippen LogP contribution in [0.15, 0.2) is 34.4 Å². The van der Waals surface area contributed by atoms with Crippen LogP contribution in [0.1, 0.15) is 11.7 Å². The Hall–Kier alpha value is -0.950. The number of halogens is 1. The van der Waals surface area contributed by atoms with Crippen molar-refractivity contribution in [2.24, 2.45) is 0 Å². The fraction of sp³-hybridized carbons (Fsp3) is 0.250. The summed E-state index contributed by atoms with van der Waals surface area (Å²) in [6.07, 6.45) is -1.75. The van der Waals surface area contributed by atoms with Crippen LogP contribution in [0.5, 0.6) is 0 Å². The molecule has 4 nitrogen and oxygen atoms in total. The molecule has 0 fully saturated rings. The van der Waals surface area contributed by atoms with Crippen LogP contribution >= 0.6 is 27.3 Å². The molecule has 0 bridgehead atoms. The molecule has 2 atom stereocenters. The van der Waals surface area contributed by atoms with Crippen LogP contribution in [0.3, 0.4) is 0 Å². The van der Waals surface area contributed by atoms with Gasteiger partial charge in [-0.1, -0.05) is 51.5 Å². The Bertz CT molecular complexity index is 563. The van der Waals surface area contributed by atoms with Gasteiger partial charge in [-0.25, -0.2) is 0 Å². The molecule has 1 aromatic carbocycles. The number of aliphatic hydroxyl groups excluding tert-OH is 2. The number of aromatic nitrogens is 1. The van der Waals surface area contributed by atoms with Crippen molar-refractivity contribution in [3.8, 4) is 11.3 Å². The van der Waals surface area contributed by atoms with Gasteiger partial charge in [0.25, 0.3) is 0 Å². The number of nitrogens with one attached hydrogen (secondary N) is 1. The third kappa shape index (κ3) is 2.89. The highest BCUT2D eigenvalue weighted by molar-refractivity contribution is 9.09. The first-order valence-corrected chi connectivity index (χ1v) is 7.32. The lowest BCUT2D eigenvalue weighted by molar-refractivity contribution is 0.0343. The summed E-state index contributed by atoms with van der Waals surface area (Å²) in [5, 5.41) is 21.4. The van der Waals surface area contributed by atoms with Gasteiger partial charge in [0.05, 0.1) is 11.8 Å². The number of rotatable bonds is 4. The first kappa shape index (κ1) is 13.5. The summed E-state index contributed by atoms with van der Waals surface area (Å²) in [6, 6.07) is 7.08. The molecule has 18 heavy (non-hydrogen) atoms. The molecule has 0 radical (unpaired) electrons. The van der Waals surface area contributed by atoms with Crippen molar-refractivity contribution in [1.29, 1.82) is 0 Å². The van der Waals surface area contributed by atoms with E-state index in [0.717, 1.165) is 22.6 Å². The molecule has 1 aromatic heterocycles. The van der Waals surface area contributed by atoms with Crippen molar-refractivity contribution in [2.75, 3.05) is 5.33 Å². The zero-order valence-electron chi connectivity index (χ0n) is 9.34. The average Bonchev–Trinajstić information content (AvgIpc) is 2.84. The highest BCUT2D eigenvalue weighted by atomic mass is 79.9. The minimum Gasteiger partial charge on any atom is -0.389 e. The van der Waals surface area contributed by atoms with Crippen LogP contribution in [0, 0.1) is 0 Å². The van der Waals surface area contributed by atoms with E-state index in [0.29, 0.717) is 10.9 Å². The van der Waals surface area contributed by atoms with Crippen LogP contribution in [0.25, 0.3) is 11.3 Å². The van der Waals surface area contributed by atoms with Gasteiger partial charge in [0.15, 0.2) is 0 Å². The van der Waals surface area contributed by atoms with Crippen LogP contribution < -0.4 is 4.87 Å². The lowest BCUT2D eigenvalue weighted by Crippen LogP contribution is -2.19. The molecule has 2 unspecified atom stereocenters. The third-order valence-corrected chi connectivity index (χ3v) is 3.94. The molecule has 0 saturated carbocycles. The molecule has 0 aliphatic heterocycles. The summed E-state index contributed by atoms with van der Waals surface area (Å²) in [6.45, 7) is 0. The lowest BCUT2D eigenvalue weighted by atomic mass is 10.0. The Morgan fingerprint density at radius 2 is 1.94 bits per heavy atom. The van der Waals surface area contributed by atoms with E-state index in [4.69, 9.17) is 0 Å². The molecule has 0 aliphatic carbocycles. The van der Waals surface area contributed by atoms with Gasteiger partial charge >= 0.3 is 4.87 Å². The number of aliphatic hydroxyl groups is 2. The third-order valence-electron chi connectivity index (χ3n) is 2.61. The minimum absolute atomic E-state index is 0.0937. The topological polar surface area (TPSA) is 73.3 Å². The summed E-state index contributed by atoms with van der Waals surface area (Å²) in [4.78, 5) is 13.7. The van der Waals surface area contributed by atoms with Crippen molar-refractivity contribution in [2.45, 2.75) is 12.2 Å². The zero-order valence-corrected chi connectivity index (χ0v) is 11.7. The van der Waals surface area contributed by atoms with Crippen molar-refractivity contribution in [3.05, 3.63) is 44.9 Å². The van der Waals surface area contributed by atoms with Crippen LogP contribution in [-0.2, 0) is 0 Å². The maximum absolute atomic E-state index is 11.1. The standard InChI is InChI=1S/C12H12BrNO3S/c13-5-10(15)11(16)8-3-1-7(2-4-8)9-6-18-12(17)14-9/h1-4,6,10-11,15-16H,5H2,(H,14,17). The van der Waals surface area contributed by atoms with Gasteiger partial charge in [0, 0.05) is 10.7 Å². The molecule has 2 aromatic rings.